The Balaban J connectivity index is 1.68. The standard InChI is InChI=1S/C12H19N3OS/c1-9-5-17-11(14-9)4-15-3-10-2-13-6-12(10,7-15)8-16/h5,10,13,16H,2-4,6-8H2,1H3. The van der Waals surface area contributed by atoms with Gasteiger partial charge in [0.15, 0.2) is 0 Å². The number of nitrogens with one attached hydrogen (secondary N) is 1. The van der Waals surface area contributed by atoms with Gasteiger partial charge in [-0.2, -0.15) is 0 Å². The van der Waals surface area contributed by atoms with Gasteiger partial charge in [0, 0.05) is 36.1 Å². The molecule has 1 aromatic rings. The Kier molecular flexibility index (Phi) is 2.94. The van der Waals surface area contributed by atoms with E-state index in [1.807, 2.05) is 6.92 Å². The van der Waals surface area contributed by atoms with Crippen LogP contribution in [0.15, 0.2) is 5.38 Å². The lowest BCUT2D eigenvalue weighted by Crippen LogP contribution is -2.35. The van der Waals surface area contributed by atoms with E-state index in [-0.39, 0.29) is 5.41 Å². The van der Waals surface area contributed by atoms with Crippen LogP contribution in [0, 0.1) is 18.3 Å². The number of hydrogen-bond donors (Lipinski definition) is 2. The maximum atomic E-state index is 9.64. The molecule has 0 amide bonds. The van der Waals surface area contributed by atoms with E-state index in [1.165, 1.54) is 5.01 Å². The minimum atomic E-state index is 0.103. The zero-order chi connectivity index (χ0) is 11.9. The molecule has 2 saturated heterocycles. The smallest absolute Gasteiger partial charge is 0.107 e. The van der Waals surface area contributed by atoms with Crippen LogP contribution in [0.3, 0.4) is 0 Å². The van der Waals surface area contributed by atoms with Gasteiger partial charge in [0.25, 0.3) is 0 Å². The lowest BCUT2D eigenvalue weighted by atomic mass is 9.82. The van der Waals surface area contributed by atoms with E-state index < -0.39 is 0 Å². The molecule has 0 aliphatic carbocycles. The van der Waals surface area contributed by atoms with Crippen LogP contribution in [0.1, 0.15) is 10.7 Å². The molecule has 17 heavy (non-hydrogen) atoms. The van der Waals surface area contributed by atoms with Crippen molar-refractivity contribution in [1.29, 1.82) is 0 Å². The average Bonchev–Trinajstić information content (AvgIpc) is 2.93. The highest BCUT2D eigenvalue weighted by Gasteiger charge is 2.49. The van der Waals surface area contributed by atoms with Gasteiger partial charge in [0.05, 0.1) is 13.2 Å². The van der Waals surface area contributed by atoms with Gasteiger partial charge in [-0.3, -0.25) is 4.90 Å². The first kappa shape index (κ1) is 11.6. The van der Waals surface area contributed by atoms with Crippen LogP contribution in [0.5, 0.6) is 0 Å². The zero-order valence-electron chi connectivity index (χ0n) is 10.1. The number of fused-ring (bicyclic) bond motifs is 1. The fraction of sp³-hybridized carbons (Fsp3) is 0.750. The Labute approximate surface area is 106 Å². The number of aryl methyl sites for hydroxylation is 1. The zero-order valence-corrected chi connectivity index (χ0v) is 11.0. The third-order valence-corrected chi connectivity index (χ3v) is 5.04. The molecule has 2 aliphatic rings. The minimum Gasteiger partial charge on any atom is -0.396 e. The summed E-state index contributed by atoms with van der Waals surface area (Å²) in [6.45, 7) is 7.38. The summed E-state index contributed by atoms with van der Waals surface area (Å²) in [5.41, 5.74) is 1.22. The molecule has 3 heterocycles. The highest BCUT2D eigenvalue weighted by atomic mass is 32.1. The molecule has 5 heteroatoms. The van der Waals surface area contributed by atoms with E-state index in [2.05, 4.69) is 20.6 Å². The second kappa shape index (κ2) is 4.31. The Bertz CT molecular complexity index is 408. The quantitative estimate of drug-likeness (QED) is 0.822. The van der Waals surface area contributed by atoms with Crippen LogP contribution < -0.4 is 5.32 Å². The van der Waals surface area contributed by atoms with E-state index in [4.69, 9.17) is 0 Å². The molecule has 2 fully saturated rings. The lowest BCUT2D eigenvalue weighted by molar-refractivity contribution is 0.124. The summed E-state index contributed by atoms with van der Waals surface area (Å²) in [5, 5.41) is 16.3. The number of aliphatic hydroxyl groups excluding tert-OH is 1. The maximum absolute atomic E-state index is 9.64. The number of likely N-dealkylation sites (tertiary alicyclic amines) is 1. The fourth-order valence-electron chi connectivity index (χ4n) is 3.14. The molecular formula is C12H19N3OS. The van der Waals surface area contributed by atoms with Crippen LogP contribution in [-0.2, 0) is 6.54 Å². The summed E-state index contributed by atoms with van der Waals surface area (Å²) in [7, 11) is 0. The van der Waals surface area contributed by atoms with Crippen LogP contribution >= 0.6 is 11.3 Å². The molecule has 3 rings (SSSR count). The Morgan fingerprint density at radius 3 is 3.24 bits per heavy atom. The molecule has 0 radical (unpaired) electrons. The van der Waals surface area contributed by atoms with Crippen LogP contribution in [-0.4, -0.2) is 47.8 Å². The van der Waals surface area contributed by atoms with E-state index in [9.17, 15) is 5.11 Å². The first-order chi connectivity index (χ1) is 8.22. The summed E-state index contributed by atoms with van der Waals surface area (Å²) in [6.07, 6.45) is 0. The monoisotopic (exact) mass is 253 g/mol. The number of thiazole rings is 1. The number of nitrogens with zero attached hydrogens (tertiary/aromatic N) is 2. The highest BCUT2D eigenvalue weighted by molar-refractivity contribution is 7.09. The van der Waals surface area contributed by atoms with Gasteiger partial charge in [-0.1, -0.05) is 0 Å². The Morgan fingerprint density at radius 1 is 1.71 bits per heavy atom. The molecular weight excluding hydrogens is 234 g/mol. The third kappa shape index (κ3) is 2.01. The van der Waals surface area contributed by atoms with Crippen molar-refractivity contribution in [2.75, 3.05) is 32.8 Å². The van der Waals surface area contributed by atoms with Crippen molar-refractivity contribution >= 4 is 11.3 Å². The third-order valence-electron chi connectivity index (χ3n) is 4.09. The first-order valence-corrected chi connectivity index (χ1v) is 7.05. The Morgan fingerprint density at radius 2 is 2.59 bits per heavy atom. The van der Waals surface area contributed by atoms with Gasteiger partial charge >= 0.3 is 0 Å². The number of hydrogen-bond acceptors (Lipinski definition) is 5. The SMILES string of the molecule is Cc1csc(CN2CC3CNCC3(CO)C2)n1. The van der Waals surface area contributed by atoms with Crippen molar-refractivity contribution < 1.29 is 5.11 Å². The predicted octanol–water partition coefficient (Wildman–Crippen LogP) is 0.465. The van der Waals surface area contributed by atoms with Gasteiger partial charge in [-0.15, -0.1) is 11.3 Å². The number of aliphatic hydroxyl groups is 1. The highest BCUT2D eigenvalue weighted by Crippen LogP contribution is 2.39. The molecule has 0 bridgehead atoms. The van der Waals surface area contributed by atoms with Gasteiger partial charge < -0.3 is 10.4 Å². The first-order valence-electron chi connectivity index (χ1n) is 6.17. The Hall–Kier alpha value is -0.490. The van der Waals surface area contributed by atoms with Crippen LogP contribution in [0.25, 0.3) is 0 Å². The van der Waals surface area contributed by atoms with E-state index >= 15 is 0 Å². The predicted molar refractivity (Wildman–Crippen MR) is 68.0 cm³/mol. The molecule has 0 aromatic carbocycles. The molecule has 0 saturated carbocycles. The molecule has 1 aromatic heterocycles. The molecule has 2 unspecified atom stereocenters. The summed E-state index contributed by atoms with van der Waals surface area (Å²) in [6, 6.07) is 0. The molecule has 2 atom stereocenters. The van der Waals surface area contributed by atoms with Gasteiger partial charge in [-0.05, 0) is 19.4 Å². The topological polar surface area (TPSA) is 48.4 Å². The van der Waals surface area contributed by atoms with Crippen molar-refractivity contribution in [3.63, 3.8) is 0 Å². The summed E-state index contributed by atoms with van der Waals surface area (Å²) < 4.78 is 0. The van der Waals surface area contributed by atoms with Crippen LogP contribution in [0.2, 0.25) is 0 Å². The van der Waals surface area contributed by atoms with Crippen molar-refractivity contribution in [1.82, 2.24) is 15.2 Å². The number of aromatic nitrogens is 1. The van der Waals surface area contributed by atoms with Gasteiger partial charge in [0.1, 0.15) is 5.01 Å². The van der Waals surface area contributed by atoms with Crippen molar-refractivity contribution in [2.24, 2.45) is 11.3 Å². The van der Waals surface area contributed by atoms with Gasteiger partial charge in [0.2, 0.25) is 0 Å². The molecule has 0 spiro atoms. The molecule has 94 valence electrons. The number of rotatable bonds is 3. The molecule has 2 N–H and O–H groups in total. The van der Waals surface area contributed by atoms with Gasteiger partial charge in [-0.25, -0.2) is 4.98 Å². The minimum absolute atomic E-state index is 0.103. The molecule has 2 aliphatic heterocycles. The normalized spacial score (nSPS) is 33.2. The molecule has 4 nitrogen and oxygen atoms in total. The summed E-state index contributed by atoms with van der Waals surface area (Å²) in [5.74, 6) is 0.605. The summed E-state index contributed by atoms with van der Waals surface area (Å²) in [4.78, 5) is 6.96. The van der Waals surface area contributed by atoms with E-state index in [0.29, 0.717) is 12.5 Å². The van der Waals surface area contributed by atoms with Crippen molar-refractivity contribution in [2.45, 2.75) is 13.5 Å². The second-order valence-electron chi connectivity index (χ2n) is 5.40. The van der Waals surface area contributed by atoms with Crippen molar-refractivity contribution in [3.8, 4) is 0 Å². The summed E-state index contributed by atoms with van der Waals surface area (Å²) >= 11 is 1.74. The van der Waals surface area contributed by atoms with E-state index in [0.717, 1.165) is 38.4 Å². The fourth-order valence-corrected chi connectivity index (χ4v) is 3.96. The second-order valence-corrected chi connectivity index (χ2v) is 6.34. The van der Waals surface area contributed by atoms with Crippen molar-refractivity contribution in [3.05, 3.63) is 16.1 Å². The van der Waals surface area contributed by atoms with Crippen LogP contribution in [0.4, 0.5) is 0 Å². The lowest BCUT2D eigenvalue weighted by Gasteiger charge is -2.25. The largest absolute Gasteiger partial charge is 0.396 e. The van der Waals surface area contributed by atoms with E-state index in [1.54, 1.807) is 11.3 Å². The maximum Gasteiger partial charge on any atom is 0.107 e. The average molecular weight is 253 g/mol.